The van der Waals surface area contributed by atoms with Crippen LogP contribution in [0.15, 0.2) is 46.0 Å². The Kier molecular flexibility index (Phi) is 7.52. The average molecular weight is 436 g/mol. The molecule has 0 saturated carbocycles. The number of hydrazone groups is 1. The molecule has 0 unspecified atom stereocenters. The second-order valence-electron chi connectivity index (χ2n) is 4.95. The van der Waals surface area contributed by atoms with E-state index in [1.54, 1.807) is 36.4 Å². The Morgan fingerprint density at radius 2 is 2.00 bits per heavy atom. The number of ether oxygens (including phenoxy) is 2. The monoisotopic (exact) mass is 434 g/mol. The third-order valence-electron chi connectivity index (χ3n) is 3.15. The minimum absolute atomic E-state index is 0.136. The number of terminal acetylenes is 1. The van der Waals surface area contributed by atoms with Gasteiger partial charge in [0, 0.05) is 20.6 Å². The zero-order chi connectivity index (χ0) is 18.9. The highest BCUT2D eigenvalue weighted by Crippen LogP contribution is 2.33. The molecule has 0 radical (unpaired) electrons. The first-order valence-corrected chi connectivity index (χ1v) is 8.83. The molecule has 26 heavy (non-hydrogen) atoms. The van der Waals surface area contributed by atoms with Gasteiger partial charge < -0.3 is 9.47 Å². The lowest BCUT2D eigenvalue weighted by atomic mass is 10.2. The fraction of sp³-hybridized carbons (Fsp3) is 0.158. The van der Waals surface area contributed by atoms with Crippen LogP contribution in [0.3, 0.4) is 0 Å². The molecule has 0 aliphatic carbocycles. The Labute approximate surface area is 165 Å². The van der Waals surface area contributed by atoms with E-state index < -0.39 is 0 Å². The smallest absolute Gasteiger partial charge is 0.271 e. The fourth-order valence-electron chi connectivity index (χ4n) is 1.98. The standard InChI is InChI=1S/C19H16BrClN2O3/c1-3-9-26-18-11-16(20)14(10-17(18)25-4-2)12-22-23-19(24)13-5-7-15(21)8-6-13/h1,5-8,10-12H,4,9H2,2H3,(H,23,24)/b22-12-. The molecule has 0 fully saturated rings. The van der Waals surface area contributed by atoms with E-state index in [1.165, 1.54) is 6.21 Å². The zero-order valence-corrected chi connectivity index (χ0v) is 16.3. The van der Waals surface area contributed by atoms with E-state index in [0.717, 1.165) is 4.47 Å². The Hall–Kier alpha value is -2.49. The van der Waals surface area contributed by atoms with E-state index in [4.69, 9.17) is 27.5 Å². The Balaban J connectivity index is 2.13. The second kappa shape index (κ2) is 9.85. The number of nitrogens with one attached hydrogen (secondary N) is 1. The average Bonchev–Trinajstić information content (AvgIpc) is 2.63. The van der Waals surface area contributed by atoms with Gasteiger partial charge in [0.05, 0.1) is 12.8 Å². The summed E-state index contributed by atoms with van der Waals surface area (Å²) in [5, 5.41) is 4.54. The minimum atomic E-state index is -0.340. The van der Waals surface area contributed by atoms with Gasteiger partial charge in [0.15, 0.2) is 11.5 Å². The van der Waals surface area contributed by atoms with E-state index in [9.17, 15) is 4.79 Å². The fourth-order valence-corrected chi connectivity index (χ4v) is 2.53. The highest BCUT2D eigenvalue weighted by Gasteiger charge is 2.10. The molecule has 1 amide bonds. The summed E-state index contributed by atoms with van der Waals surface area (Å²) in [6.07, 6.45) is 6.73. The van der Waals surface area contributed by atoms with E-state index in [2.05, 4.69) is 32.4 Å². The van der Waals surface area contributed by atoms with Gasteiger partial charge in [-0.15, -0.1) is 6.42 Å². The molecular formula is C19H16BrClN2O3. The van der Waals surface area contributed by atoms with Crippen molar-refractivity contribution in [3.8, 4) is 23.8 Å². The zero-order valence-electron chi connectivity index (χ0n) is 14.0. The Morgan fingerprint density at radius 1 is 1.31 bits per heavy atom. The van der Waals surface area contributed by atoms with Gasteiger partial charge in [0.2, 0.25) is 0 Å². The number of carbonyl (C=O) groups excluding carboxylic acids is 1. The van der Waals surface area contributed by atoms with Crippen LogP contribution in [-0.4, -0.2) is 25.3 Å². The molecule has 7 heteroatoms. The molecule has 0 aliphatic heterocycles. The van der Waals surface area contributed by atoms with Gasteiger partial charge in [-0.3, -0.25) is 4.79 Å². The van der Waals surface area contributed by atoms with Crippen LogP contribution in [0, 0.1) is 12.3 Å². The van der Waals surface area contributed by atoms with Gasteiger partial charge in [-0.1, -0.05) is 17.5 Å². The first-order chi connectivity index (χ1) is 12.5. The molecule has 5 nitrogen and oxygen atoms in total. The van der Waals surface area contributed by atoms with Crippen LogP contribution in [-0.2, 0) is 0 Å². The molecule has 134 valence electrons. The molecule has 2 aromatic carbocycles. The summed E-state index contributed by atoms with van der Waals surface area (Å²) >= 11 is 9.24. The maximum absolute atomic E-state index is 12.0. The number of nitrogens with zero attached hydrogens (tertiary/aromatic N) is 1. The van der Waals surface area contributed by atoms with Gasteiger partial charge in [0.1, 0.15) is 6.61 Å². The Bertz CT molecular complexity index is 845. The van der Waals surface area contributed by atoms with Crippen molar-refractivity contribution in [2.75, 3.05) is 13.2 Å². The summed E-state index contributed by atoms with van der Waals surface area (Å²) in [6, 6.07) is 10.0. The lowest BCUT2D eigenvalue weighted by Crippen LogP contribution is -2.17. The second-order valence-corrected chi connectivity index (χ2v) is 6.24. The summed E-state index contributed by atoms with van der Waals surface area (Å²) < 4.78 is 11.8. The maximum Gasteiger partial charge on any atom is 0.271 e. The summed E-state index contributed by atoms with van der Waals surface area (Å²) in [7, 11) is 0. The number of benzene rings is 2. The molecule has 0 aromatic heterocycles. The summed E-state index contributed by atoms with van der Waals surface area (Å²) in [5.74, 6) is 3.14. The van der Waals surface area contributed by atoms with E-state index in [-0.39, 0.29) is 12.5 Å². The number of halogens is 2. The van der Waals surface area contributed by atoms with Crippen molar-refractivity contribution in [1.82, 2.24) is 5.43 Å². The molecule has 0 aliphatic rings. The van der Waals surface area contributed by atoms with Crippen LogP contribution in [0.5, 0.6) is 11.5 Å². The summed E-state index contributed by atoms with van der Waals surface area (Å²) in [6.45, 7) is 2.47. The SMILES string of the molecule is C#CCOc1cc(Br)c(/C=N\NC(=O)c2ccc(Cl)cc2)cc1OCC. The van der Waals surface area contributed by atoms with Crippen LogP contribution in [0.25, 0.3) is 0 Å². The van der Waals surface area contributed by atoms with Crippen molar-refractivity contribution in [3.63, 3.8) is 0 Å². The quantitative estimate of drug-likeness (QED) is 0.401. The minimum Gasteiger partial charge on any atom is -0.490 e. The predicted molar refractivity (Wildman–Crippen MR) is 106 cm³/mol. The van der Waals surface area contributed by atoms with Crippen molar-refractivity contribution in [2.24, 2.45) is 5.10 Å². The topological polar surface area (TPSA) is 59.9 Å². The van der Waals surface area contributed by atoms with Gasteiger partial charge in [-0.25, -0.2) is 5.43 Å². The molecule has 0 bridgehead atoms. The molecule has 2 rings (SSSR count). The first kappa shape index (κ1) is 19.8. The first-order valence-electron chi connectivity index (χ1n) is 7.66. The van der Waals surface area contributed by atoms with E-state index >= 15 is 0 Å². The number of hydrogen-bond acceptors (Lipinski definition) is 4. The number of carbonyl (C=O) groups is 1. The molecule has 0 saturated heterocycles. The lowest BCUT2D eigenvalue weighted by molar-refractivity contribution is 0.0955. The molecule has 0 heterocycles. The van der Waals surface area contributed by atoms with Crippen LogP contribution >= 0.6 is 27.5 Å². The highest BCUT2D eigenvalue weighted by molar-refractivity contribution is 9.10. The maximum atomic E-state index is 12.0. The molecule has 0 spiro atoms. The predicted octanol–water partition coefficient (Wildman–Crippen LogP) is 4.28. The third-order valence-corrected chi connectivity index (χ3v) is 4.09. The largest absolute Gasteiger partial charge is 0.490 e. The number of hydrogen-bond donors (Lipinski definition) is 1. The van der Waals surface area contributed by atoms with Gasteiger partial charge in [-0.2, -0.15) is 5.10 Å². The van der Waals surface area contributed by atoms with Gasteiger partial charge in [0.25, 0.3) is 5.91 Å². The van der Waals surface area contributed by atoms with Gasteiger partial charge in [-0.05, 0) is 59.3 Å². The molecule has 2 aromatic rings. The Morgan fingerprint density at radius 3 is 2.65 bits per heavy atom. The summed E-state index contributed by atoms with van der Waals surface area (Å²) in [5.41, 5.74) is 3.63. The van der Waals surface area contributed by atoms with E-state index in [1.807, 2.05) is 6.92 Å². The third kappa shape index (κ3) is 5.51. The molecular weight excluding hydrogens is 420 g/mol. The summed E-state index contributed by atoms with van der Waals surface area (Å²) in [4.78, 5) is 12.0. The van der Waals surface area contributed by atoms with Crippen LogP contribution in [0.2, 0.25) is 5.02 Å². The van der Waals surface area contributed by atoms with Crippen LogP contribution in [0.1, 0.15) is 22.8 Å². The highest BCUT2D eigenvalue weighted by atomic mass is 79.9. The molecule has 0 atom stereocenters. The van der Waals surface area contributed by atoms with E-state index in [0.29, 0.717) is 34.3 Å². The number of rotatable bonds is 7. The van der Waals surface area contributed by atoms with Crippen molar-refractivity contribution >= 4 is 39.7 Å². The van der Waals surface area contributed by atoms with Crippen LogP contribution < -0.4 is 14.9 Å². The van der Waals surface area contributed by atoms with Crippen LogP contribution in [0.4, 0.5) is 0 Å². The lowest BCUT2D eigenvalue weighted by Gasteiger charge is -2.12. The van der Waals surface area contributed by atoms with Gasteiger partial charge >= 0.3 is 0 Å². The van der Waals surface area contributed by atoms with Crippen molar-refractivity contribution < 1.29 is 14.3 Å². The molecule has 1 N–H and O–H groups in total. The van der Waals surface area contributed by atoms with Crippen molar-refractivity contribution in [1.29, 1.82) is 0 Å². The van der Waals surface area contributed by atoms with Crippen molar-refractivity contribution in [3.05, 3.63) is 57.0 Å². The normalized spacial score (nSPS) is 10.4. The number of amides is 1. The van der Waals surface area contributed by atoms with Crippen molar-refractivity contribution in [2.45, 2.75) is 6.92 Å².